The Hall–Kier alpha value is -2.84. The van der Waals surface area contributed by atoms with Gasteiger partial charge in [0, 0.05) is 44.5 Å². The van der Waals surface area contributed by atoms with Crippen LogP contribution in [0.25, 0.3) is 17.0 Å². The third-order valence-corrected chi connectivity index (χ3v) is 6.07. The van der Waals surface area contributed by atoms with E-state index >= 15 is 0 Å². The zero-order valence-corrected chi connectivity index (χ0v) is 17.5. The van der Waals surface area contributed by atoms with E-state index in [0.29, 0.717) is 17.0 Å². The molecule has 0 spiro atoms. The molecule has 0 bridgehead atoms. The second-order valence-corrected chi connectivity index (χ2v) is 8.20. The number of morpholine rings is 1. The van der Waals surface area contributed by atoms with E-state index in [4.69, 9.17) is 4.74 Å². The van der Waals surface area contributed by atoms with Crippen LogP contribution in [0.4, 0.5) is 4.39 Å². The minimum Gasteiger partial charge on any atom is -0.379 e. The van der Waals surface area contributed by atoms with Crippen molar-refractivity contribution in [2.75, 3.05) is 39.4 Å². The first-order chi connectivity index (χ1) is 15.2. The summed E-state index contributed by atoms with van der Waals surface area (Å²) in [6.07, 6.45) is 6.11. The van der Waals surface area contributed by atoms with Crippen molar-refractivity contribution in [1.29, 1.82) is 0 Å². The molecule has 0 atom stereocenters. The monoisotopic (exact) mass is 423 g/mol. The molecule has 8 heteroatoms. The summed E-state index contributed by atoms with van der Waals surface area (Å²) in [6, 6.07) is 6.65. The van der Waals surface area contributed by atoms with Crippen LogP contribution < -0.4 is 0 Å². The lowest BCUT2D eigenvalue weighted by Gasteiger charge is -2.26. The maximum absolute atomic E-state index is 14.6. The normalized spacial score (nSPS) is 17.5. The van der Waals surface area contributed by atoms with Gasteiger partial charge in [0.2, 0.25) is 11.7 Å². The molecule has 162 valence electrons. The van der Waals surface area contributed by atoms with E-state index in [2.05, 4.69) is 14.9 Å². The number of rotatable bonds is 5. The number of imidazole rings is 1. The largest absolute Gasteiger partial charge is 0.379 e. The van der Waals surface area contributed by atoms with Gasteiger partial charge in [0.05, 0.1) is 37.2 Å². The van der Waals surface area contributed by atoms with Crippen LogP contribution in [0.5, 0.6) is 0 Å². The van der Waals surface area contributed by atoms with Gasteiger partial charge in [0.25, 0.3) is 0 Å². The van der Waals surface area contributed by atoms with Crippen LogP contribution in [0.3, 0.4) is 0 Å². The van der Waals surface area contributed by atoms with Crippen LogP contribution in [0.1, 0.15) is 24.1 Å². The Morgan fingerprint density at radius 2 is 1.90 bits per heavy atom. The van der Waals surface area contributed by atoms with Crippen LogP contribution in [0.2, 0.25) is 0 Å². The van der Waals surface area contributed by atoms with Crippen LogP contribution >= 0.6 is 0 Å². The van der Waals surface area contributed by atoms with Crippen molar-refractivity contribution in [1.82, 2.24) is 24.2 Å². The molecule has 31 heavy (non-hydrogen) atoms. The molecule has 2 saturated heterocycles. The predicted octanol–water partition coefficient (Wildman–Crippen LogP) is 2.53. The fraction of sp³-hybridized carbons (Fsp3) is 0.435. The van der Waals surface area contributed by atoms with E-state index in [9.17, 15) is 9.18 Å². The second kappa shape index (κ2) is 8.72. The predicted molar refractivity (Wildman–Crippen MR) is 114 cm³/mol. The molecule has 0 unspecified atom stereocenters. The van der Waals surface area contributed by atoms with Gasteiger partial charge in [-0.25, -0.2) is 14.4 Å². The number of likely N-dealkylation sites (tertiary alicyclic amines) is 1. The first-order valence-corrected chi connectivity index (χ1v) is 10.9. The number of hydrogen-bond donors (Lipinski definition) is 0. The van der Waals surface area contributed by atoms with E-state index in [1.54, 1.807) is 12.1 Å². The fourth-order valence-corrected chi connectivity index (χ4v) is 4.31. The maximum atomic E-state index is 14.6. The van der Waals surface area contributed by atoms with Crippen molar-refractivity contribution in [2.24, 2.45) is 0 Å². The zero-order valence-electron chi connectivity index (χ0n) is 17.5. The number of hydrogen-bond acceptors (Lipinski definition) is 5. The first-order valence-electron chi connectivity index (χ1n) is 10.9. The summed E-state index contributed by atoms with van der Waals surface area (Å²) in [4.78, 5) is 25.7. The number of amides is 1. The first kappa shape index (κ1) is 20.1. The summed E-state index contributed by atoms with van der Waals surface area (Å²) < 4.78 is 22.0. The molecule has 2 aliphatic heterocycles. The van der Waals surface area contributed by atoms with Gasteiger partial charge in [0.15, 0.2) is 0 Å². The minimum absolute atomic E-state index is 0.0967. The quantitative estimate of drug-likeness (QED) is 0.631. The third kappa shape index (κ3) is 4.31. The number of ether oxygens (including phenoxy) is 1. The van der Waals surface area contributed by atoms with Crippen molar-refractivity contribution in [3.63, 3.8) is 0 Å². The molecule has 2 aromatic heterocycles. The Morgan fingerprint density at radius 1 is 1.10 bits per heavy atom. The lowest BCUT2D eigenvalue weighted by molar-refractivity contribution is -0.129. The Labute approximate surface area is 180 Å². The van der Waals surface area contributed by atoms with Gasteiger partial charge < -0.3 is 9.64 Å². The summed E-state index contributed by atoms with van der Waals surface area (Å²) in [7, 11) is 0. The molecule has 0 N–H and O–H groups in total. The van der Waals surface area contributed by atoms with Crippen molar-refractivity contribution < 1.29 is 13.9 Å². The van der Waals surface area contributed by atoms with E-state index in [1.165, 1.54) is 6.07 Å². The van der Waals surface area contributed by atoms with Gasteiger partial charge in [-0.2, -0.15) is 0 Å². The average molecular weight is 423 g/mol. The summed E-state index contributed by atoms with van der Waals surface area (Å²) in [5.74, 6) is 0.285. The SMILES string of the molecule is O=C(Cc1ccc(F)c(-c2ccn3c(CN4CCOCC4)cnc3n2)c1)N1CCCC1. The summed E-state index contributed by atoms with van der Waals surface area (Å²) in [5, 5.41) is 0. The highest BCUT2D eigenvalue weighted by atomic mass is 19.1. The maximum Gasteiger partial charge on any atom is 0.234 e. The van der Waals surface area contributed by atoms with Crippen LogP contribution in [0, 0.1) is 5.82 Å². The molecule has 2 fully saturated rings. The number of aromatic nitrogens is 3. The Bertz CT molecular complexity index is 1090. The molecule has 0 radical (unpaired) electrons. The van der Waals surface area contributed by atoms with Crippen molar-refractivity contribution >= 4 is 11.7 Å². The highest BCUT2D eigenvalue weighted by Crippen LogP contribution is 2.24. The molecule has 2 aliphatic rings. The van der Waals surface area contributed by atoms with E-state index in [1.807, 2.05) is 27.8 Å². The smallest absolute Gasteiger partial charge is 0.234 e. The Kier molecular flexibility index (Phi) is 5.65. The molecule has 1 aromatic carbocycles. The molecule has 0 aliphatic carbocycles. The third-order valence-electron chi connectivity index (χ3n) is 6.07. The zero-order chi connectivity index (χ0) is 21.2. The molecular formula is C23H26FN5O2. The van der Waals surface area contributed by atoms with Crippen LogP contribution in [-0.2, 0) is 22.5 Å². The average Bonchev–Trinajstić information content (AvgIpc) is 3.46. The highest BCUT2D eigenvalue weighted by Gasteiger charge is 2.19. The molecule has 4 heterocycles. The van der Waals surface area contributed by atoms with Crippen molar-refractivity contribution in [3.8, 4) is 11.3 Å². The van der Waals surface area contributed by atoms with E-state index < -0.39 is 0 Å². The fourth-order valence-electron chi connectivity index (χ4n) is 4.31. The molecule has 1 amide bonds. The van der Waals surface area contributed by atoms with Gasteiger partial charge in [-0.15, -0.1) is 0 Å². The number of carbonyl (C=O) groups is 1. The number of fused-ring (bicyclic) bond motifs is 1. The van der Waals surface area contributed by atoms with E-state index in [-0.39, 0.29) is 18.1 Å². The van der Waals surface area contributed by atoms with Crippen molar-refractivity contribution in [3.05, 3.63) is 53.7 Å². The Morgan fingerprint density at radius 3 is 2.71 bits per heavy atom. The standard InChI is InChI=1S/C23H26FN5O2/c24-20-4-3-17(14-22(30)28-6-1-2-7-28)13-19(20)21-5-8-29-18(15-25-23(29)26-21)16-27-9-11-31-12-10-27/h3-5,8,13,15H,1-2,6-7,9-12,14,16H2. The lowest BCUT2D eigenvalue weighted by Crippen LogP contribution is -2.35. The highest BCUT2D eigenvalue weighted by molar-refractivity contribution is 5.79. The van der Waals surface area contributed by atoms with Crippen LogP contribution in [0.15, 0.2) is 36.7 Å². The molecule has 7 nitrogen and oxygen atoms in total. The number of nitrogens with zero attached hydrogens (tertiary/aromatic N) is 5. The topological polar surface area (TPSA) is 63.0 Å². The summed E-state index contributed by atoms with van der Waals surface area (Å²) in [5.41, 5.74) is 2.75. The number of halogens is 1. The molecule has 3 aromatic rings. The van der Waals surface area contributed by atoms with E-state index in [0.717, 1.165) is 70.0 Å². The van der Waals surface area contributed by atoms with Gasteiger partial charge in [-0.05, 0) is 36.6 Å². The van der Waals surface area contributed by atoms with Gasteiger partial charge >= 0.3 is 0 Å². The van der Waals surface area contributed by atoms with Gasteiger partial charge in [-0.1, -0.05) is 6.07 Å². The summed E-state index contributed by atoms with van der Waals surface area (Å²) >= 11 is 0. The van der Waals surface area contributed by atoms with Crippen LogP contribution in [-0.4, -0.2) is 69.5 Å². The summed E-state index contributed by atoms with van der Waals surface area (Å²) in [6.45, 7) is 5.69. The van der Waals surface area contributed by atoms with Crippen molar-refractivity contribution in [2.45, 2.75) is 25.8 Å². The second-order valence-electron chi connectivity index (χ2n) is 8.20. The van der Waals surface area contributed by atoms with Gasteiger partial charge in [0.1, 0.15) is 5.82 Å². The lowest BCUT2D eigenvalue weighted by atomic mass is 10.0. The van der Waals surface area contributed by atoms with Gasteiger partial charge in [-0.3, -0.25) is 14.1 Å². The number of benzene rings is 1. The Balaban J connectivity index is 1.37. The minimum atomic E-state index is -0.352. The molecular weight excluding hydrogens is 397 g/mol. The molecule has 0 saturated carbocycles. The number of carbonyl (C=O) groups excluding carboxylic acids is 1. The molecule has 5 rings (SSSR count).